The van der Waals surface area contributed by atoms with Gasteiger partial charge in [0.1, 0.15) is 11.5 Å². The average molecular weight is 250 g/mol. The van der Waals surface area contributed by atoms with E-state index in [1.165, 1.54) is 12.1 Å². The molecular weight excluding hydrogens is 232 g/mol. The van der Waals surface area contributed by atoms with Crippen LogP contribution in [0.5, 0.6) is 5.75 Å². The molecule has 0 unspecified atom stereocenters. The van der Waals surface area contributed by atoms with Gasteiger partial charge in [0.15, 0.2) is 0 Å². The molecule has 4 N–H and O–H groups in total. The summed E-state index contributed by atoms with van der Waals surface area (Å²) in [5.41, 5.74) is 5.65. The van der Waals surface area contributed by atoms with E-state index in [4.69, 9.17) is 5.73 Å². The number of aromatic hydroxyl groups is 1. The third kappa shape index (κ3) is 4.18. The third-order valence-corrected chi connectivity index (χ3v) is 2.54. The summed E-state index contributed by atoms with van der Waals surface area (Å²) in [4.78, 5) is 22.9. The predicted molar refractivity (Wildman–Crippen MR) is 68.3 cm³/mol. The number of phenols is 1. The molecule has 1 atom stereocenters. The van der Waals surface area contributed by atoms with Crippen molar-refractivity contribution in [2.75, 3.05) is 6.54 Å². The lowest BCUT2D eigenvalue weighted by Gasteiger charge is -2.07. The van der Waals surface area contributed by atoms with Gasteiger partial charge in [-0.05, 0) is 25.5 Å². The molecule has 1 amide bonds. The number of Topliss-reactive ketones (excluding diaryl/α,β-unsaturated/α-hetero) is 1. The maximum Gasteiger partial charge on any atom is 0.255 e. The molecule has 0 saturated carbocycles. The van der Waals surface area contributed by atoms with E-state index < -0.39 is 6.04 Å². The van der Waals surface area contributed by atoms with Crippen molar-refractivity contribution in [2.45, 2.75) is 25.8 Å². The molecule has 0 saturated heterocycles. The van der Waals surface area contributed by atoms with Crippen LogP contribution in [0.4, 0.5) is 0 Å². The minimum absolute atomic E-state index is 0.0215. The topological polar surface area (TPSA) is 92.4 Å². The smallest absolute Gasteiger partial charge is 0.255 e. The molecule has 0 spiro atoms. The summed E-state index contributed by atoms with van der Waals surface area (Å²) in [6.07, 6.45) is 0.887. The third-order valence-electron chi connectivity index (χ3n) is 2.54. The van der Waals surface area contributed by atoms with E-state index in [9.17, 15) is 14.7 Å². The first-order valence-corrected chi connectivity index (χ1v) is 5.87. The lowest BCUT2D eigenvalue weighted by atomic mass is 10.1. The van der Waals surface area contributed by atoms with E-state index in [0.717, 1.165) is 0 Å². The van der Waals surface area contributed by atoms with Crippen molar-refractivity contribution < 1.29 is 14.7 Å². The van der Waals surface area contributed by atoms with E-state index in [1.54, 1.807) is 19.1 Å². The zero-order chi connectivity index (χ0) is 13.5. The van der Waals surface area contributed by atoms with Crippen molar-refractivity contribution in [2.24, 2.45) is 5.73 Å². The van der Waals surface area contributed by atoms with Crippen LogP contribution >= 0.6 is 0 Å². The highest BCUT2D eigenvalue weighted by Gasteiger charge is 2.10. The lowest BCUT2D eigenvalue weighted by Crippen LogP contribution is -2.29. The van der Waals surface area contributed by atoms with Gasteiger partial charge in [-0.1, -0.05) is 12.1 Å². The molecule has 5 nitrogen and oxygen atoms in total. The Morgan fingerprint density at radius 1 is 1.39 bits per heavy atom. The Hall–Kier alpha value is -1.88. The predicted octanol–water partition coefficient (Wildman–Crippen LogP) is 0.818. The van der Waals surface area contributed by atoms with Gasteiger partial charge in [-0.3, -0.25) is 9.59 Å². The fourth-order valence-corrected chi connectivity index (χ4v) is 1.45. The summed E-state index contributed by atoms with van der Waals surface area (Å²) < 4.78 is 0. The number of amides is 1. The molecule has 0 bridgehead atoms. The van der Waals surface area contributed by atoms with Crippen LogP contribution < -0.4 is 11.1 Å². The molecule has 0 aliphatic rings. The normalized spacial score (nSPS) is 11.9. The monoisotopic (exact) mass is 250 g/mol. The lowest BCUT2D eigenvalue weighted by molar-refractivity contribution is -0.120. The van der Waals surface area contributed by atoms with Crippen LogP contribution in [-0.2, 0) is 4.79 Å². The Bertz CT molecular complexity index is 430. The number of phenolic OH excluding ortho intramolecular Hbond substituents is 1. The Labute approximate surface area is 106 Å². The summed E-state index contributed by atoms with van der Waals surface area (Å²) >= 11 is 0. The number of hydrogen-bond donors (Lipinski definition) is 3. The fourth-order valence-electron chi connectivity index (χ4n) is 1.45. The van der Waals surface area contributed by atoms with Crippen molar-refractivity contribution >= 4 is 11.7 Å². The first-order valence-electron chi connectivity index (χ1n) is 5.87. The minimum Gasteiger partial charge on any atom is -0.507 e. The summed E-state index contributed by atoms with van der Waals surface area (Å²) in [7, 11) is 0. The highest BCUT2D eigenvalue weighted by atomic mass is 16.3. The maximum absolute atomic E-state index is 11.7. The number of benzene rings is 1. The Kier molecular flexibility index (Phi) is 5.32. The number of rotatable bonds is 6. The molecule has 18 heavy (non-hydrogen) atoms. The minimum atomic E-state index is -0.459. The quantitative estimate of drug-likeness (QED) is 0.652. The van der Waals surface area contributed by atoms with E-state index in [1.807, 2.05) is 0 Å². The van der Waals surface area contributed by atoms with Crippen LogP contribution in [0.15, 0.2) is 24.3 Å². The Morgan fingerprint density at radius 3 is 2.67 bits per heavy atom. The van der Waals surface area contributed by atoms with E-state index in [-0.39, 0.29) is 23.0 Å². The van der Waals surface area contributed by atoms with Gasteiger partial charge in [0.05, 0.1) is 11.6 Å². The summed E-state index contributed by atoms with van der Waals surface area (Å²) in [6.45, 7) is 2.02. The van der Waals surface area contributed by atoms with Crippen LogP contribution in [0, 0.1) is 0 Å². The van der Waals surface area contributed by atoms with Gasteiger partial charge in [0, 0.05) is 13.0 Å². The molecule has 0 aliphatic carbocycles. The number of nitrogens with two attached hydrogens (primary N) is 1. The molecule has 5 heteroatoms. The van der Waals surface area contributed by atoms with Gasteiger partial charge in [0.2, 0.25) is 0 Å². The standard InChI is InChI=1S/C13H18N2O3/c1-9(14)11(16)7-4-8-15-13(18)10-5-2-3-6-12(10)17/h2-3,5-6,9,17H,4,7-8,14H2,1H3,(H,15,18)/t9-/m0/s1. The molecule has 98 valence electrons. The SMILES string of the molecule is C[C@H](N)C(=O)CCCNC(=O)c1ccccc1O. The van der Waals surface area contributed by atoms with Crippen molar-refractivity contribution in [3.05, 3.63) is 29.8 Å². The van der Waals surface area contributed by atoms with Gasteiger partial charge >= 0.3 is 0 Å². The van der Waals surface area contributed by atoms with Crippen LogP contribution in [0.3, 0.4) is 0 Å². The molecule has 1 aromatic rings. The summed E-state index contributed by atoms with van der Waals surface area (Å²) in [5.74, 6) is -0.421. The fraction of sp³-hybridized carbons (Fsp3) is 0.385. The van der Waals surface area contributed by atoms with Crippen LogP contribution in [0.1, 0.15) is 30.1 Å². The molecule has 0 fully saturated rings. The molecule has 1 rings (SSSR count). The zero-order valence-corrected chi connectivity index (χ0v) is 10.3. The highest BCUT2D eigenvalue weighted by Crippen LogP contribution is 2.14. The summed E-state index contributed by atoms with van der Waals surface area (Å²) in [5, 5.41) is 12.1. The number of carbonyl (C=O) groups excluding carboxylic acids is 2. The van der Waals surface area contributed by atoms with E-state index in [2.05, 4.69) is 5.32 Å². The van der Waals surface area contributed by atoms with Crippen LogP contribution in [-0.4, -0.2) is 29.4 Å². The van der Waals surface area contributed by atoms with Gasteiger partial charge in [-0.25, -0.2) is 0 Å². The molecular formula is C13H18N2O3. The molecule has 1 aromatic carbocycles. The second-order valence-corrected chi connectivity index (χ2v) is 4.13. The summed E-state index contributed by atoms with van der Waals surface area (Å²) in [6, 6.07) is 5.85. The number of hydrogen-bond acceptors (Lipinski definition) is 4. The van der Waals surface area contributed by atoms with Crippen molar-refractivity contribution in [1.29, 1.82) is 0 Å². The first kappa shape index (κ1) is 14.2. The van der Waals surface area contributed by atoms with Crippen molar-refractivity contribution in [1.82, 2.24) is 5.32 Å². The molecule has 0 heterocycles. The van der Waals surface area contributed by atoms with Crippen molar-refractivity contribution in [3.8, 4) is 5.75 Å². The second kappa shape index (κ2) is 6.76. The van der Waals surface area contributed by atoms with E-state index >= 15 is 0 Å². The maximum atomic E-state index is 11.7. The zero-order valence-electron chi connectivity index (χ0n) is 10.3. The average Bonchev–Trinajstić information content (AvgIpc) is 2.34. The Balaban J connectivity index is 2.35. The molecule has 0 aliphatic heterocycles. The van der Waals surface area contributed by atoms with Gasteiger partial charge in [-0.15, -0.1) is 0 Å². The number of para-hydroxylation sites is 1. The van der Waals surface area contributed by atoms with Crippen LogP contribution in [0.2, 0.25) is 0 Å². The number of nitrogens with one attached hydrogen (secondary N) is 1. The Morgan fingerprint density at radius 2 is 2.06 bits per heavy atom. The van der Waals surface area contributed by atoms with Gasteiger partial charge < -0.3 is 16.2 Å². The van der Waals surface area contributed by atoms with Gasteiger partial charge in [0.25, 0.3) is 5.91 Å². The van der Waals surface area contributed by atoms with Crippen molar-refractivity contribution in [3.63, 3.8) is 0 Å². The first-order chi connectivity index (χ1) is 8.52. The number of ketones is 1. The van der Waals surface area contributed by atoms with Crippen LogP contribution in [0.25, 0.3) is 0 Å². The highest BCUT2D eigenvalue weighted by molar-refractivity contribution is 5.96. The second-order valence-electron chi connectivity index (χ2n) is 4.13. The molecule has 0 aromatic heterocycles. The largest absolute Gasteiger partial charge is 0.507 e. The molecule has 0 radical (unpaired) electrons. The number of carbonyl (C=O) groups is 2. The van der Waals surface area contributed by atoms with E-state index in [0.29, 0.717) is 19.4 Å². The van der Waals surface area contributed by atoms with Gasteiger partial charge in [-0.2, -0.15) is 0 Å².